The number of nitrogens with one attached hydrogen (secondary N) is 1. The number of aryl methyl sites for hydroxylation is 1. The number of aromatic nitrogens is 2. The number of ether oxygens (including phenoxy) is 2. The monoisotopic (exact) mass is 357 g/mol. The molecule has 134 valence electrons. The Morgan fingerprint density at radius 3 is 2.81 bits per heavy atom. The summed E-state index contributed by atoms with van der Waals surface area (Å²) < 4.78 is 11.1. The number of terminal acetylenes is 1. The van der Waals surface area contributed by atoms with Crippen molar-refractivity contribution in [3.63, 3.8) is 0 Å². The Morgan fingerprint density at radius 1 is 1.22 bits per heavy atom. The van der Waals surface area contributed by atoms with E-state index in [1.54, 1.807) is 12.1 Å². The van der Waals surface area contributed by atoms with E-state index in [1.807, 2.05) is 44.2 Å². The van der Waals surface area contributed by atoms with Gasteiger partial charge in [0.1, 0.15) is 18.5 Å². The molecule has 0 aliphatic carbocycles. The molecule has 0 radical (unpaired) electrons. The van der Waals surface area contributed by atoms with Crippen LogP contribution in [0.2, 0.25) is 0 Å². The van der Waals surface area contributed by atoms with Crippen molar-refractivity contribution in [1.82, 2.24) is 9.97 Å². The molecule has 2 aromatic carbocycles. The predicted octanol–water partition coefficient (Wildman–Crippen LogP) is 4.35. The number of imidazole rings is 1. The third kappa shape index (κ3) is 4.11. The molecule has 1 aromatic heterocycles. The lowest BCUT2D eigenvalue weighted by Gasteiger charge is -2.11. The fourth-order valence-electron chi connectivity index (χ4n) is 2.69. The van der Waals surface area contributed by atoms with Crippen LogP contribution in [0.15, 0.2) is 36.4 Å². The molecule has 0 atom stereocenters. The maximum absolute atomic E-state index is 9.61. The molecular weight excluding hydrogens is 338 g/mol. The van der Waals surface area contributed by atoms with Crippen LogP contribution in [0.1, 0.15) is 23.9 Å². The number of allylic oxidation sites excluding steroid dienone is 1. The van der Waals surface area contributed by atoms with Crippen LogP contribution in [0.25, 0.3) is 22.7 Å². The summed E-state index contributed by atoms with van der Waals surface area (Å²) in [7, 11) is 0. The van der Waals surface area contributed by atoms with Crippen molar-refractivity contribution < 1.29 is 9.47 Å². The maximum atomic E-state index is 9.61. The summed E-state index contributed by atoms with van der Waals surface area (Å²) in [6.45, 7) is 4.56. The van der Waals surface area contributed by atoms with Crippen LogP contribution < -0.4 is 9.47 Å². The number of H-pyrrole nitrogens is 1. The lowest BCUT2D eigenvalue weighted by molar-refractivity contribution is 0.299. The molecule has 5 nitrogen and oxygen atoms in total. The maximum Gasteiger partial charge on any atom is 0.162 e. The molecule has 1 heterocycles. The molecule has 0 bridgehead atoms. The largest absolute Gasteiger partial charge is 0.490 e. The molecule has 3 aromatic rings. The number of fused-ring (bicyclic) bond motifs is 1. The van der Waals surface area contributed by atoms with E-state index in [0.29, 0.717) is 29.5 Å². The SMILES string of the molecule is C#CCOc1ccc(C=C(C#N)c2nc3ccc(C)cc3[nH]2)cc1OCC. The fraction of sp³-hybridized carbons (Fsp3) is 0.182. The van der Waals surface area contributed by atoms with Gasteiger partial charge in [-0.3, -0.25) is 0 Å². The summed E-state index contributed by atoms with van der Waals surface area (Å²) in [5.41, 5.74) is 4.09. The van der Waals surface area contributed by atoms with Crippen molar-refractivity contribution in [2.45, 2.75) is 13.8 Å². The van der Waals surface area contributed by atoms with E-state index < -0.39 is 0 Å². The first-order valence-corrected chi connectivity index (χ1v) is 8.56. The highest BCUT2D eigenvalue weighted by Crippen LogP contribution is 2.30. The van der Waals surface area contributed by atoms with Gasteiger partial charge in [0.05, 0.1) is 23.2 Å². The Labute approximate surface area is 158 Å². The number of rotatable bonds is 6. The number of nitriles is 1. The quantitative estimate of drug-likeness (QED) is 0.526. The molecule has 3 rings (SSSR count). The van der Waals surface area contributed by atoms with E-state index in [4.69, 9.17) is 15.9 Å². The van der Waals surface area contributed by atoms with Crippen molar-refractivity contribution in [3.8, 4) is 29.9 Å². The van der Waals surface area contributed by atoms with Gasteiger partial charge in [0.15, 0.2) is 11.5 Å². The molecule has 1 N–H and O–H groups in total. The molecule has 0 aliphatic heterocycles. The molecule has 0 aliphatic rings. The van der Waals surface area contributed by atoms with Crippen LogP contribution in [0, 0.1) is 30.6 Å². The summed E-state index contributed by atoms with van der Waals surface area (Å²) in [5, 5.41) is 9.61. The second kappa shape index (κ2) is 8.12. The predicted molar refractivity (Wildman–Crippen MR) is 106 cm³/mol. The minimum Gasteiger partial charge on any atom is -0.490 e. The molecule has 5 heteroatoms. The summed E-state index contributed by atoms with van der Waals surface area (Å²) in [5.74, 6) is 4.12. The normalized spacial score (nSPS) is 11.0. The summed E-state index contributed by atoms with van der Waals surface area (Å²) in [6.07, 6.45) is 7.01. The van der Waals surface area contributed by atoms with Crippen LogP contribution >= 0.6 is 0 Å². The Hall–Kier alpha value is -3.70. The topological polar surface area (TPSA) is 70.9 Å². The molecule has 0 unspecified atom stereocenters. The molecule has 0 amide bonds. The number of benzene rings is 2. The minimum atomic E-state index is 0.164. The Bertz CT molecular complexity index is 1080. The van der Waals surface area contributed by atoms with Gasteiger partial charge in [0, 0.05) is 0 Å². The van der Waals surface area contributed by atoms with Gasteiger partial charge in [-0.15, -0.1) is 6.42 Å². The van der Waals surface area contributed by atoms with Gasteiger partial charge < -0.3 is 14.5 Å². The number of nitrogens with zero attached hydrogens (tertiary/aromatic N) is 2. The van der Waals surface area contributed by atoms with Crippen LogP contribution in [0.4, 0.5) is 0 Å². The highest BCUT2D eigenvalue weighted by atomic mass is 16.5. The van der Waals surface area contributed by atoms with Gasteiger partial charge in [-0.2, -0.15) is 5.26 Å². The average Bonchev–Trinajstić information content (AvgIpc) is 3.08. The first kappa shape index (κ1) is 18.1. The van der Waals surface area contributed by atoms with Crippen molar-refractivity contribution >= 4 is 22.7 Å². The zero-order valence-corrected chi connectivity index (χ0v) is 15.2. The van der Waals surface area contributed by atoms with E-state index in [9.17, 15) is 5.26 Å². The third-order valence-electron chi connectivity index (χ3n) is 3.90. The second-order valence-electron chi connectivity index (χ2n) is 5.91. The van der Waals surface area contributed by atoms with Gasteiger partial charge in [-0.25, -0.2) is 4.98 Å². The summed E-state index contributed by atoms with van der Waals surface area (Å²) in [4.78, 5) is 7.72. The first-order valence-electron chi connectivity index (χ1n) is 8.56. The first-order chi connectivity index (χ1) is 13.1. The second-order valence-corrected chi connectivity index (χ2v) is 5.91. The lowest BCUT2D eigenvalue weighted by atomic mass is 10.1. The average molecular weight is 357 g/mol. The van der Waals surface area contributed by atoms with E-state index >= 15 is 0 Å². The van der Waals surface area contributed by atoms with E-state index in [-0.39, 0.29) is 6.61 Å². The van der Waals surface area contributed by atoms with Gasteiger partial charge in [0.25, 0.3) is 0 Å². The summed E-state index contributed by atoms with van der Waals surface area (Å²) >= 11 is 0. The number of hydrogen-bond acceptors (Lipinski definition) is 4. The van der Waals surface area contributed by atoms with E-state index in [2.05, 4.69) is 22.0 Å². The fourth-order valence-corrected chi connectivity index (χ4v) is 2.69. The molecule has 0 spiro atoms. The summed E-state index contributed by atoms with van der Waals surface area (Å²) in [6, 6.07) is 13.6. The van der Waals surface area contributed by atoms with Gasteiger partial charge in [-0.1, -0.05) is 18.1 Å². The third-order valence-corrected chi connectivity index (χ3v) is 3.90. The Morgan fingerprint density at radius 2 is 2.07 bits per heavy atom. The molecule has 0 saturated heterocycles. The van der Waals surface area contributed by atoms with Crippen molar-refractivity contribution in [2.75, 3.05) is 13.2 Å². The lowest BCUT2D eigenvalue weighted by Crippen LogP contribution is -1.99. The zero-order valence-electron chi connectivity index (χ0n) is 15.2. The van der Waals surface area contributed by atoms with E-state index in [1.165, 1.54) is 0 Å². The minimum absolute atomic E-state index is 0.164. The van der Waals surface area contributed by atoms with Gasteiger partial charge >= 0.3 is 0 Å². The van der Waals surface area contributed by atoms with Gasteiger partial charge in [-0.05, 0) is 55.3 Å². The van der Waals surface area contributed by atoms with Crippen LogP contribution in [0.5, 0.6) is 11.5 Å². The molecule has 27 heavy (non-hydrogen) atoms. The highest BCUT2D eigenvalue weighted by molar-refractivity contribution is 5.90. The smallest absolute Gasteiger partial charge is 0.162 e. The number of aromatic amines is 1. The zero-order chi connectivity index (χ0) is 19.2. The standard InChI is InChI=1S/C22H19N3O2/c1-4-10-27-20-9-7-16(13-21(20)26-5-2)12-17(14-23)22-24-18-8-6-15(3)11-19(18)25-22/h1,6-9,11-13H,5,10H2,2-3H3,(H,24,25). The van der Waals surface area contributed by atoms with Crippen LogP contribution in [-0.4, -0.2) is 23.2 Å². The van der Waals surface area contributed by atoms with Crippen LogP contribution in [-0.2, 0) is 0 Å². The molecule has 0 saturated carbocycles. The number of hydrogen-bond donors (Lipinski definition) is 1. The molecule has 0 fully saturated rings. The van der Waals surface area contributed by atoms with Gasteiger partial charge in [0.2, 0.25) is 0 Å². The Kier molecular flexibility index (Phi) is 5.44. The van der Waals surface area contributed by atoms with Crippen molar-refractivity contribution in [3.05, 3.63) is 53.3 Å². The van der Waals surface area contributed by atoms with Crippen molar-refractivity contribution in [1.29, 1.82) is 5.26 Å². The van der Waals surface area contributed by atoms with Crippen molar-refractivity contribution in [2.24, 2.45) is 0 Å². The van der Waals surface area contributed by atoms with E-state index in [0.717, 1.165) is 22.2 Å². The van der Waals surface area contributed by atoms with Crippen LogP contribution in [0.3, 0.4) is 0 Å². The highest BCUT2D eigenvalue weighted by Gasteiger charge is 2.10. The Balaban J connectivity index is 1.98. The molecular formula is C22H19N3O2.